The van der Waals surface area contributed by atoms with Crippen LogP contribution in [0.3, 0.4) is 0 Å². The van der Waals surface area contributed by atoms with Gasteiger partial charge in [-0.05, 0) is 24.6 Å². The fourth-order valence-corrected chi connectivity index (χ4v) is 4.51. The van der Waals surface area contributed by atoms with Gasteiger partial charge in [0, 0.05) is 45.3 Å². The maximum Gasteiger partial charge on any atom is 0.0633 e. The van der Waals surface area contributed by atoms with Gasteiger partial charge in [-0.1, -0.05) is 24.3 Å². The summed E-state index contributed by atoms with van der Waals surface area (Å²) in [5.41, 5.74) is 1.73. The Balaban J connectivity index is 0.00000196. The molecule has 0 radical (unpaired) electrons. The highest BCUT2D eigenvalue weighted by Crippen LogP contribution is 2.39. The number of fused-ring (bicyclic) bond motifs is 5. The monoisotopic (exact) mass is 390 g/mol. The van der Waals surface area contributed by atoms with E-state index in [2.05, 4.69) is 59.5 Å². The van der Waals surface area contributed by atoms with Gasteiger partial charge in [0.1, 0.15) is 0 Å². The van der Waals surface area contributed by atoms with E-state index in [0.29, 0.717) is 6.54 Å². The second-order valence-electron chi connectivity index (χ2n) is 6.93. The van der Waals surface area contributed by atoms with Gasteiger partial charge in [0.25, 0.3) is 0 Å². The number of hydrogen-bond donors (Lipinski definition) is 3. The molecule has 0 spiro atoms. The number of aromatic nitrogens is 1. The summed E-state index contributed by atoms with van der Waals surface area (Å²) in [6.45, 7) is 2.21. The molecule has 6 heteroatoms. The number of aliphatic hydroxyl groups is 2. The Morgan fingerprint density at radius 2 is 1.77 bits per heavy atom. The van der Waals surface area contributed by atoms with Crippen LogP contribution in [0, 0.1) is 0 Å². The maximum absolute atomic E-state index is 9.49. The number of benzene rings is 2. The Kier molecular flexibility index (Phi) is 5.28. The van der Waals surface area contributed by atoms with Gasteiger partial charge < -0.3 is 20.1 Å². The number of nitrogens with one attached hydrogen (secondary N) is 1. The lowest BCUT2D eigenvalue weighted by molar-refractivity contribution is 0.103. The Bertz CT molecular complexity index is 1070. The van der Waals surface area contributed by atoms with Crippen molar-refractivity contribution in [2.75, 3.05) is 13.2 Å². The summed E-state index contributed by atoms with van der Waals surface area (Å²) in [6, 6.07) is 12.9. The van der Waals surface area contributed by atoms with E-state index in [0.717, 1.165) is 0 Å². The van der Waals surface area contributed by atoms with Crippen LogP contribution in [-0.4, -0.2) is 33.5 Å². The van der Waals surface area contributed by atoms with Crippen molar-refractivity contribution in [3.8, 4) is 0 Å². The second kappa shape index (κ2) is 7.18. The summed E-state index contributed by atoms with van der Waals surface area (Å²) in [7, 11) is 2.08. The molecule has 3 N–H and O–H groups in total. The molecule has 0 fully saturated rings. The van der Waals surface area contributed by atoms with E-state index in [1.54, 1.807) is 0 Å². The predicted octanol–water partition coefficient (Wildman–Crippen LogP) is 3.80. The van der Waals surface area contributed by atoms with Crippen LogP contribution >= 0.6 is 23.7 Å². The van der Waals surface area contributed by atoms with Gasteiger partial charge in [-0.15, -0.1) is 23.7 Å². The topological polar surface area (TPSA) is 57.4 Å². The molecule has 0 saturated heterocycles. The van der Waals surface area contributed by atoms with Crippen LogP contribution in [0.2, 0.25) is 0 Å². The van der Waals surface area contributed by atoms with Gasteiger partial charge >= 0.3 is 0 Å². The van der Waals surface area contributed by atoms with Crippen molar-refractivity contribution in [3.63, 3.8) is 0 Å². The molecule has 0 aliphatic rings. The summed E-state index contributed by atoms with van der Waals surface area (Å²) in [6.07, 6.45) is 2.14. The zero-order valence-corrected chi connectivity index (χ0v) is 16.5. The summed E-state index contributed by atoms with van der Waals surface area (Å²) >= 11 is 1.82. The molecule has 0 bridgehead atoms. The van der Waals surface area contributed by atoms with Crippen molar-refractivity contribution in [1.82, 2.24) is 9.88 Å². The highest BCUT2D eigenvalue weighted by atomic mass is 35.5. The van der Waals surface area contributed by atoms with E-state index in [-0.39, 0.29) is 25.6 Å². The van der Waals surface area contributed by atoms with Crippen molar-refractivity contribution in [2.45, 2.75) is 19.0 Å². The first-order valence-electron chi connectivity index (χ1n) is 8.41. The minimum absolute atomic E-state index is 0. The SMILES string of the molecule is Cl.Cn1cc(CNC(C)(CO)CO)c2ccc3sc4ccccc4c3c21. The summed E-state index contributed by atoms with van der Waals surface area (Å²) < 4.78 is 4.78. The number of thiophene rings is 1. The zero-order chi connectivity index (χ0) is 17.6. The van der Waals surface area contributed by atoms with Crippen molar-refractivity contribution in [3.05, 3.63) is 48.2 Å². The smallest absolute Gasteiger partial charge is 0.0633 e. The third-order valence-electron chi connectivity index (χ3n) is 4.97. The fourth-order valence-electron chi connectivity index (χ4n) is 3.40. The van der Waals surface area contributed by atoms with E-state index in [1.165, 1.54) is 36.6 Å². The molecule has 0 atom stereocenters. The molecule has 0 amide bonds. The Hall–Kier alpha value is -1.63. The molecule has 0 unspecified atom stereocenters. The van der Waals surface area contributed by atoms with Gasteiger partial charge in [0.15, 0.2) is 0 Å². The molecule has 0 saturated carbocycles. The van der Waals surface area contributed by atoms with Gasteiger partial charge in [0.2, 0.25) is 0 Å². The first kappa shape index (κ1) is 19.1. The molecule has 0 aliphatic heterocycles. The molecule has 4 aromatic rings. The Labute approximate surface area is 162 Å². The third-order valence-corrected chi connectivity index (χ3v) is 6.10. The van der Waals surface area contributed by atoms with Crippen molar-refractivity contribution in [1.29, 1.82) is 0 Å². The molecule has 138 valence electrons. The fraction of sp³-hybridized carbons (Fsp3) is 0.300. The molecule has 26 heavy (non-hydrogen) atoms. The third kappa shape index (κ3) is 3.00. The van der Waals surface area contributed by atoms with Gasteiger partial charge in [-0.2, -0.15) is 0 Å². The molecular formula is C20H23ClN2O2S. The number of aryl methyl sites for hydroxylation is 1. The number of aliphatic hydroxyl groups excluding tert-OH is 2. The van der Waals surface area contributed by atoms with E-state index >= 15 is 0 Å². The molecule has 2 heterocycles. The van der Waals surface area contributed by atoms with Gasteiger partial charge in [0.05, 0.1) is 24.3 Å². The normalized spacial score (nSPS) is 12.2. The molecule has 2 aromatic heterocycles. The molecule has 0 aliphatic carbocycles. The minimum atomic E-state index is -0.679. The number of nitrogens with zero attached hydrogens (tertiary/aromatic N) is 1. The number of hydrogen-bond acceptors (Lipinski definition) is 4. The average Bonchev–Trinajstić information content (AvgIpc) is 3.17. The van der Waals surface area contributed by atoms with E-state index in [1.807, 2.05) is 18.3 Å². The Morgan fingerprint density at radius 1 is 1.04 bits per heavy atom. The van der Waals surface area contributed by atoms with Crippen LogP contribution in [0.25, 0.3) is 31.1 Å². The molecule has 2 aromatic carbocycles. The van der Waals surface area contributed by atoms with Crippen LogP contribution in [-0.2, 0) is 13.6 Å². The quantitative estimate of drug-likeness (QED) is 0.485. The van der Waals surface area contributed by atoms with Crippen LogP contribution in [0.15, 0.2) is 42.6 Å². The predicted molar refractivity (Wildman–Crippen MR) is 112 cm³/mol. The average molecular weight is 391 g/mol. The first-order valence-corrected chi connectivity index (χ1v) is 9.23. The highest BCUT2D eigenvalue weighted by molar-refractivity contribution is 7.26. The maximum atomic E-state index is 9.49. The number of rotatable bonds is 5. The number of halogens is 1. The highest BCUT2D eigenvalue weighted by Gasteiger charge is 2.22. The van der Waals surface area contributed by atoms with Crippen LogP contribution in [0.1, 0.15) is 12.5 Å². The molecule has 4 rings (SSSR count). The summed E-state index contributed by atoms with van der Waals surface area (Å²) in [4.78, 5) is 0. The van der Waals surface area contributed by atoms with E-state index < -0.39 is 5.54 Å². The van der Waals surface area contributed by atoms with Crippen molar-refractivity contribution >= 4 is 54.8 Å². The lowest BCUT2D eigenvalue weighted by atomic mass is 10.0. The lowest BCUT2D eigenvalue weighted by Gasteiger charge is -2.26. The minimum Gasteiger partial charge on any atom is -0.394 e. The van der Waals surface area contributed by atoms with Gasteiger partial charge in [-0.3, -0.25) is 0 Å². The first-order chi connectivity index (χ1) is 12.1. The Morgan fingerprint density at radius 3 is 2.50 bits per heavy atom. The van der Waals surface area contributed by atoms with Crippen LogP contribution in [0.4, 0.5) is 0 Å². The van der Waals surface area contributed by atoms with Crippen molar-refractivity contribution in [2.24, 2.45) is 7.05 Å². The summed E-state index contributed by atoms with van der Waals surface area (Å²) in [5, 5.41) is 26.1. The summed E-state index contributed by atoms with van der Waals surface area (Å²) in [5.74, 6) is 0. The standard InChI is InChI=1S/C20H22N2O2S.ClH/c1-20(11-23,12-24)21-9-13-10-22(2)19-14(13)7-8-17-18(19)15-5-3-4-6-16(15)25-17;/h3-8,10,21,23-24H,9,11-12H2,1-2H3;1H. The van der Waals surface area contributed by atoms with Crippen LogP contribution < -0.4 is 5.32 Å². The largest absolute Gasteiger partial charge is 0.394 e. The van der Waals surface area contributed by atoms with E-state index in [4.69, 9.17) is 0 Å². The van der Waals surface area contributed by atoms with Gasteiger partial charge in [-0.25, -0.2) is 0 Å². The van der Waals surface area contributed by atoms with Crippen molar-refractivity contribution < 1.29 is 10.2 Å². The second-order valence-corrected chi connectivity index (χ2v) is 8.01. The zero-order valence-electron chi connectivity index (χ0n) is 14.8. The van der Waals surface area contributed by atoms with Crippen LogP contribution in [0.5, 0.6) is 0 Å². The molecular weight excluding hydrogens is 368 g/mol. The lowest BCUT2D eigenvalue weighted by Crippen LogP contribution is -2.48. The van der Waals surface area contributed by atoms with E-state index in [9.17, 15) is 10.2 Å². The molecule has 4 nitrogen and oxygen atoms in total.